The summed E-state index contributed by atoms with van der Waals surface area (Å²) in [6, 6.07) is 22.5. The Morgan fingerprint density at radius 1 is 0.808 bits per heavy atom. The van der Waals surface area contributed by atoms with Crippen LogP contribution in [0.3, 0.4) is 0 Å². The lowest BCUT2D eigenvalue weighted by Gasteiger charge is -2.18. The van der Waals surface area contributed by atoms with Crippen LogP contribution >= 0.6 is 11.6 Å². The highest BCUT2D eigenvalue weighted by Crippen LogP contribution is 2.25. The van der Waals surface area contributed by atoms with Crippen LogP contribution in [-0.4, -0.2) is 11.8 Å². The van der Waals surface area contributed by atoms with Crippen LogP contribution in [0.4, 0.5) is 0 Å². The number of Topliss-reactive ketones (excluding diaryl/α,β-unsaturated/α-hetero) is 1. The van der Waals surface area contributed by atoms with Gasteiger partial charge < -0.3 is 4.74 Å². The molecule has 3 aromatic rings. The normalized spacial score (nSPS) is 11.6. The number of halogens is 1. The van der Waals surface area contributed by atoms with E-state index in [1.807, 2.05) is 25.1 Å². The number of aryl methyl sites for hydroxylation is 1. The van der Waals surface area contributed by atoms with Crippen LogP contribution in [0.5, 0.6) is 0 Å². The smallest absolute Gasteiger partial charge is 0.339 e. The predicted molar refractivity (Wildman–Crippen MR) is 102 cm³/mol. The van der Waals surface area contributed by atoms with Gasteiger partial charge in [-0.05, 0) is 31.2 Å². The van der Waals surface area contributed by atoms with Crippen LogP contribution in [0.25, 0.3) is 0 Å². The molecule has 0 saturated carbocycles. The predicted octanol–water partition coefficient (Wildman–Crippen LogP) is 5.43. The van der Waals surface area contributed by atoms with Gasteiger partial charge in [-0.3, -0.25) is 4.79 Å². The molecule has 0 spiro atoms. The van der Waals surface area contributed by atoms with E-state index in [0.717, 1.165) is 5.56 Å². The molecule has 1 atom stereocenters. The second-order valence-corrected chi connectivity index (χ2v) is 6.37. The fourth-order valence-electron chi connectivity index (χ4n) is 2.53. The third-order valence-electron chi connectivity index (χ3n) is 3.98. The first-order valence-electron chi connectivity index (χ1n) is 8.17. The molecule has 130 valence electrons. The molecule has 0 bridgehead atoms. The molecule has 0 fully saturated rings. The van der Waals surface area contributed by atoms with Crippen molar-refractivity contribution in [2.45, 2.75) is 13.0 Å². The number of carbonyl (C=O) groups is 2. The Hall–Kier alpha value is -2.91. The van der Waals surface area contributed by atoms with E-state index in [0.29, 0.717) is 21.7 Å². The van der Waals surface area contributed by atoms with Gasteiger partial charge >= 0.3 is 5.97 Å². The first-order valence-corrected chi connectivity index (χ1v) is 8.55. The van der Waals surface area contributed by atoms with Crippen LogP contribution in [0, 0.1) is 6.92 Å². The largest absolute Gasteiger partial charge is 0.445 e. The van der Waals surface area contributed by atoms with E-state index < -0.39 is 12.1 Å². The number of esters is 1. The molecular weight excluding hydrogens is 348 g/mol. The highest BCUT2D eigenvalue weighted by atomic mass is 35.5. The monoisotopic (exact) mass is 364 g/mol. The summed E-state index contributed by atoms with van der Waals surface area (Å²) in [6.07, 6.45) is -1.04. The number of carbonyl (C=O) groups excluding carboxylic acids is 2. The Bertz CT molecular complexity index is 900. The molecule has 3 rings (SSSR count). The molecule has 26 heavy (non-hydrogen) atoms. The fourth-order valence-corrected chi connectivity index (χ4v) is 2.66. The minimum atomic E-state index is -1.04. The second kappa shape index (κ2) is 7.98. The molecule has 0 unspecified atom stereocenters. The van der Waals surface area contributed by atoms with Gasteiger partial charge in [-0.1, -0.05) is 71.8 Å². The Labute approximate surface area is 157 Å². The Kier molecular flexibility index (Phi) is 5.49. The van der Waals surface area contributed by atoms with Gasteiger partial charge in [0.25, 0.3) is 0 Å². The zero-order valence-corrected chi connectivity index (χ0v) is 14.9. The number of benzene rings is 3. The van der Waals surface area contributed by atoms with Crippen molar-refractivity contribution in [3.8, 4) is 0 Å². The maximum absolute atomic E-state index is 12.9. The molecule has 0 N–H and O–H groups in total. The van der Waals surface area contributed by atoms with Crippen molar-refractivity contribution in [2.24, 2.45) is 0 Å². The Balaban J connectivity index is 1.92. The van der Waals surface area contributed by atoms with Gasteiger partial charge in [0.2, 0.25) is 5.78 Å². The average molecular weight is 365 g/mol. The summed E-state index contributed by atoms with van der Waals surface area (Å²) in [5.41, 5.74) is 2.49. The van der Waals surface area contributed by atoms with E-state index in [4.69, 9.17) is 16.3 Å². The Morgan fingerprint density at radius 3 is 2.04 bits per heavy atom. The van der Waals surface area contributed by atoms with Gasteiger partial charge in [-0.15, -0.1) is 0 Å². The van der Waals surface area contributed by atoms with Crippen LogP contribution < -0.4 is 0 Å². The van der Waals surface area contributed by atoms with Gasteiger partial charge in [0.15, 0.2) is 6.10 Å². The number of hydrogen-bond donors (Lipinski definition) is 0. The van der Waals surface area contributed by atoms with Crippen LogP contribution in [0.15, 0.2) is 78.9 Å². The topological polar surface area (TPSA) is 43.4 Å². The highest BCUT2D eigenvalue weighted by Gasteiger charge is 2.26. The molecule has 0 amide bonds. The molecule has 0 saturated heterocycles. The molecule has 0 aliphatic rings. The molecule has 4 heteroatoms. The Morgan fingerprint density at radius 2 is 1.42 bits per heavy atom. The summed E-state index contributed by atoms with van der Waals surface area (Å²) in [4.78, 5) is 25.5. The highest BCUT2D eigenvalue weighted by molar-refractivity contribution is 6.30. The van der Waals surface area contributed by atoms with Gasteiger partial charge in [0, 0.05) is 16.1 Å². The van der Waals surface area contributed by atoms with E-state index in [1.54, 1.807) is 60.7 Å². The number of hydrogen-bond acceptors (Lipinski definition) is 3. The van der Waals surface area contributed by atoms with Gasteiger partial charge in [-0.2, -0.15) is 0 Å². The van der Waals surface area contributed by atoms with Crippen molar-refractivity contribution in [1.82, 2.24) is 0 Å². The lowest BCUT2D eigenvalue weighted by molar-refractivity contribution is 0.0280. The first kappa shape index (κ1) is 17.9. The van der Waals surface area contributed by atoms with E-state index in [2.05, 4.69) is 0 Å². The van der Waals surface area contributed by atoms with Crippen LogP contribution in [0.2, 0.25) is 5.02 Å². The molecule has 0 radical (unpaired) electrons. The van der Waals surface area contributed by atoms with Gasteiger partial charge in [0.05, 0.1) is 5.56 Å². The number of ether oxygens (including phenoxy) is 1. The SMILES string of the molecule is Cc1ccc(C(=O)O[C@H](C(=O)c2ccccc2)c2ccc(Cl)cc2)cc1. The minimum Gasteiger partial charge on any atom is -0.445 e. The summed E-state index contributed by atoms with van der Waals surface area (Å²) in [5, 5.41) is 0.546. The van der Waals surface area contributed by atoms with E-state index in [1.165, 1.54) is 0 Å². The van der Waals surface area contributed by atoms with Gasteiger partial charge in [0.1, 0.15) is 0 Å². The summed E-state index contributed by atoms with van der Waals surface area (Å²) >= 11 is 5.94. The molecular formula is C22H17ClO3. The summed E-state index contributed by atoms with van der Waals surface area (Å²) in [6.45, 7) is 1.94. The standard InChI is InChI=1S/C22H17ClO3/c1-15-7-9-18(10-8-15)22(25)26-21(17-11-13-19(23)14-12-17)20(24)16-5-3-2-4-6-16/h2-14,21H,1H3/t21-/m0/s1. The van der Waals surface area contributed by atoms with Crippen LogP contribution in [-0.2, 0) is 4.74 Å². The fraction of sp³-hybridized carbons (Fsp3) is 0.0909. The van der Waals surface area contributed by atoms with Crippen molar-refractivity contribution in [3.05, 3.63) is 106 Å². The molecule has 0 aliphatic carbocycles. The van der Waals surface area contributed by atoms with Gasteiger partial charge in [-0.25, -0.2) is 4.79 Å². The third kappa shape index (κ3) is 4.19. The van der Waals surface area contributed by atoms with Crippen molar-refractivity contribution in [1.29, 1.82) is 0 Å². The van der Waals surface area contributed by atoms with Crippen LogP contribution in [0.1, 0.15) is 37.9 Å². The molecule has 0 aromatic heterocycles. The minimum absolute atomic E-state index is 0.284. The van der Waals surface area contributed by atoms with E-state index in [-0.39, 0.29) is 5.78 Å². The third-order valence-corrected chi connectivity index (χ3v) is 4.23. The molecule has 0 heterocycles. The maximum atomic E-state index is 12.9. The van der Waals surface area contributed by atoms with E-state index >= 15 is 0 Å². The lowest BCUT2D eigenvalue weighted by atomic mass is 9.99. The summed E-state index contributed by atoms with van der Waals surface area (Å²) in [7, 11) is 0. The zero-order valence-electron chi connectivity index (χ0n) is 14.2. The summed E-state index contributed by atoms with van der Waals surface area (Å²) < 4.78 is 5.59. The number of rotatable bonds is 5. The quantitative estimate of drug-likeness (QED) is 0.448. The van der Waals surface area contributed by atoms with E-state index in [9.17, 15) is 9.59 Å². The number of ketones is 1. The van der Waals surface area contributed by atoms with Crippen molar-refractivity contribution in [3.63, 3.8) is 0 Å². The van der Waals surface area contributed by atoms with Crippen molar-refractivity contribution < 1.29 is 14.3 Å². The lowest BCUT2D eigenvalue weighted by Crippen LogP contribution is -2.20. The maximum Gasteiger partial charge on any atom is 0.339 e. The average Bonchev–Trinajstić information content (AvgIpc) is 2.67. The zero-order chi connectivity index (χ0) is 18.5. The molecule has 0 aliphatic heterocycles. The van der Waals surface area contributed by atoms with Crippen molar-refractivity contribution >= 4 is 23.4 Å². The second-order valence-electron chi connectivity index (χ2n) is 5.93. The van der Waals surface area contributed by atoms with Crippen molar-refractivity contribution in [2.75, 3.05) is 0 Å². The molecule has 3 aromatic carbocycles. The molecule has 3 nitrogen and oxygen atoms in total. The summed E-state index contributed by atoms with van der Waals surface area (Å²) in [5.74, 6) is -0.831. The first-order chi connectivity index (χ1) is 12.5.